The number of carbonyl (C=O) groups excluding carboxylic acids is 1. The molecule has 1 aromatic rings. The van der Waals surface area contributed by atoms with Gasteiger partial charge in [-0.1, -0.05) is 32.9 Å². The van der Waals surface area contributed by atoms with Gasteiger partial charge in [-0.2, -0.15) is 0 Å². The third kappa shape index (κ3) is 2.03. The molecule has 0 fully saturated rings. The molecule has 0 saturated carbocycles. The second-order valence-corrected chi connectivity index (χ2v) is 4.43. The molecule has 0 aliphatic carbocycles. The Morgan fingerprint density at radius 3 is 2.43 bits per heavy atom. The van der Waals surface area contributed by atoms with E-state index in [0.717, 1.165) is 18.3 Å². The van der Waals surface area contributed by atoms with Crippen LogP contribution >= 0.6 is 0 Å². The van der Waals surface area contributed by atoms with Crippen LogP contribution in [-0.2, 0) is 5.41 Å². The first-order valence-corrected chi connectivity index (χ1v) is 5.07. The molecule has 76 valence electrons. The number of rotatable bonds is 3. The molecular formula is C13H18O. The zero-order valence-corrected chi connectivity index (χ0v) is 9.42. The zero-order valence-electron chi connectivity index (χ0n) is 9.42. The first-order chi connectivity index (χ1) is 6.51. The minimum atomic E-state index is 0.200. The van der Waals surface area contributed by atoms with Gasteiger partial charge in [-0.15, -0.1) is 0 Å². The fraction of sp³-hybridized carbons (Fsp3) is 0.462. The molecule has 1 nitrogen and oxygen atoms in total. The fourth-order valence-electron chi connectivity index (χ4n) is 1.71. The summed E-state index contributed by atoms with van der Waals surface area (Å²) in [5.74, 6) is 0. The Morgan fingerprint density at radius 2 is 2.00 bits per heavy atom. The standard InChI is InChI=1S/C13H18O/c1-5-13(3,4)12-7-6-11(9-14)8-10(12)2/h6-9H,5H2,1-4H3. The van der Waals surface area contributed by atoms with E-state index in [-0.39, 0.29) is 5.41 Å². The Hall–Kier alpha value is -1.11. The molecule has 14 heavy (non-hydrogen) atoms. The van der Waals surface area contributed by atoms with E-state index < -0.39 is 0 Å². The predicted molar refractivity (Wildman–Crippen MR) is 59.9 cm³/mol. The Balaban J connectivity index is 3.18. The monoisotopic (exact) mass is 190 g/mol. The number of aldehydes is 1. The summed E-state index contributed by atoms with van der Waals surface area (Å²) in [7, 11) is 0. The molecule has 0 aliphatic rings. The molecule has 0 radical (unpaired) electrons. The smallest absolute Gasteiger partial charge is 0.150 e. The van der Waals surface area contributed by atoms with Crippen LogP contribution in [0.1, 0.15) is 48.7 Å². The van der Waals surface area contributed by atoms with Gasteiger partial charge in [0.25, 0.3) is 0 Å². The first kappa shape index (κ1) is 11.0. The van der Waals surface area contributed by atoms with Gasteiger partial charge in [0.05, 0.1) is 0 Å². The molecule has 0 bridgehead atoms. The lowest BCUT2D eigenvalue weighted by Crippen LogP contribution is -2.17. The van der Waals surface area contributed by atoms with Crippen LogP contribution in [0.2, 0.25) is 0 Å². The molecule has 0 N–H and O–H groups in total. The molecule has 0 heterocycles. The number of hydrogen-bond donors (Lipinski definition) is 0. The van der Waals surface area contributed by atoms with Crippen molar-refractivity contribution in [3.8, 4) is 0 Å². The van der Waals surface area contributed by atoms with Gasteiger partial charge in [-0.3, -0.25) is 4.79 Å². The number of aryl methyl sites for hydroxylation is 1. The van der Waals surface area contributed by atoms with Gasteiger partial charge in [0.15, 0.2) is 0 Å². The molecule has 0 saturated heterocycles. The van der Waals surface area contributed by atoms with Gasteiger partial charge in [-0.05, 0) is 36.0 Å². The largest absolute Gasteiger partial charge is 0.298 e. The summed E-state index contributed by atoms with van der Waals surface area (Å²) >= 11 is 0. The minimum Gasteiger partial charge on any atom is -0.298 e. The van der Waals surface area contributed by atoms with Crippen LogP contribution in [0.15, 0.2) is 18.2 Å². The highest BCUT2D eigenvalue weighted by atomic mass is 16.1. The van der Waals surface area contributed by atoms with E-state index in [4.69, 9.17) is 0 Å². The Bertz CT molecular complexity index is 337. The number of benzene rings is 1. The fourth-order valence-corrected chi connectivity index (χ4v) is 1.71. The van der Waals surface area contributed by atoms with Crippen LogP contribution in [-0.4, -0.2) is 6.29 Å². The van der Waals surface area contributed by atoms with Crippen molar-refractivity contribution in [2.45, 2.75) is 39.5 Å². The minimum absolute atomic E-state index is 0.200. The van der Waals surface area contributed by atoms with Crippen LogP contribution in [0.25, 0.3) is 0 Å². The molecule has 0 aromatic heterocycles. The van der Waals surface area contributed by atoms with Crippen molar-refractivity contribution in [3.05, 3.63) is 34.9 Å². The Labute approximate surface area is 86.1 Å². The third-order valence-electron chi connectivity index (χ3n) is 3.00. The summed E-state index contributed by atoms with van der Waals surface area (Å²) in [6, 6.07) is 5.93. The van der Waals surface area contributed by atoms with Gasteiger partial charge in [-0.25, -0.2) is 0 Å². The lowest BCUT2D eigenvalue weighted by molar-refractivity contribution is 0.112. The molecule has 0 atom stereocenters. The summed E-state index contributed by atoms with van der Waals surface area (Å²) in [5.41, 5.74) is 3.51. The van der Waals surface area contributed by atoms with Crippen molar-refractivity contribution in [1.82, 2.24) is 0 Å². The van der Waals surface area contributed by atoms with Crippen molar-refractivity contribution in [2.24, 2.45) is 0 Å². The average molecular weight is 190 g/mol. The van der Waals surface area contributed by atoms with Crippen LogP contribution in [0.4, 0.5) is 0 Å². The van der Waals surface area contributed by atoms with E-state index in [1.54, 1.807) is 0 Å². The second kappa shape index (κ2) is 3.95. The summed E-state index contributed by atoms with van der Waals surface area (Å²) in [4.78, 5) is 10.6. The number of hydrogen-bond acceptors (Lipinski definition) is 1. The highest BCUT2D eigenvalue weighted by Gasteiger charge is 2.19. The lowest BCUT2D eigenvalue weighted by Gasteiger charge is -2.25. The maximum Gasteiger partial charge on any atom is 0.150 e. The van der Waals surface area contributed by atoms with Crippen LogP contribution in [0.3, 0.4) is 0 Å². The van der Waals surface area contributed by atoms with Crippen LogP contribution < -0.4 is 0 Å². The normalized spacial score (nSPS) is 11.4. The topological polar surface area (TPSA) is 17.1 Å². The molecule has 0 amide bonds. The number of carbonyl (C=O) groups is 1. The van der Waals surface area contributed by atoms with E-state index in [1.165, 1.54) is 11.1 Å². The highest BCUT2D eigenvalue weighted by Crippen LogP contribution is 2.29. The molecule has 0 spiro atoms. The van der Waals surface area contributed by atoms with Crippen LogP contribution in [0.5, 0.6) is 0 Å². The lowest BCUT2D eigenvalue weighted by atomic mass is 9.79. The highest BCUT2D eigenvalue weighted by molar-refractivity contribution is 5.75. The second-order valence-electron chi connectivity index (χ2n) is 4.43. The third-order valence-corrected chi connectivity index (χ3v) is 3.00. The van der Waals surface area contributed by atoms with Crippen molar-refractivity contribution in [3.63, 3.8) is 0 Å². The van der Waals surface area contributed by atoms with Gasteiger partial charge >= 0.3 is 0 Å². The quantitative estimate of drug-likeness (QED) is 0.667. The van der Waals surface area contributed by atoms with Gasteiger partial charge in [0.2, 0.25) is 0 Å². The van der Waals surface area contributed by atoms with E-state index >= 15 is 0 Å². The molecule has 1 rings (SSSR count). The van der Waals surface area contributed by atoms with E-state index in [2.05, 4.69) is 33.8 Å². The summed E-state index contributed by atoms with van der Waals surface area (Å²) in [6.07, 6.45) is 2.00. The SMILES string of the molecule is CCC(C)(C)c1ccc(C=O)cc1C. The van der Waals surface area contributed by atoms with Gasteiger partial charge in [0, 0.05) is 5.56 Å². The maximum atomic E-state index is 10.6. The van der Waals surface area contributed by atoms with Gasteiger partial charge in [0.1, 0.15) is 6.29 Å². The van der Waals surface area contributed by atoms with Crippen molar-refractivity contribution >= 4 is 6.29 Å². The molecule has 1 aromatic carbocycles. The maximum absolute atomic E-state index is 10.6. The van der Waals surface area contributed by atoms with Crippen molar-refractivity contribution < 1.29 is 4.79 Å². The van der Waals surface area contributed by atoms with Gasteiger partial charge < -0.3 is 0 Å². The zero-order chi connectivity index (χ0) is 10.8. The van der Waals surface area contributed by atoms with E-state index in [0.29, 0.717) is 0 Å². The average Bonchev–Trinajstić information content (AvgIpc) is 2.17. The van der Waals surface area contributed by atoms with E-state index in [1.807, 2.05) is 12.1 Å². The predicted octanol–water partition coefficient (Wildman–Crippen LogP) is 3.50. The molecule has 0 aliphatic heterocycles. The summed E-state index contributed by atoms with van der Waals surface area (Å²) < 4.78 is 0. The van der Waals surface area contributed by atoms with Crippen LogP contribution in [0, 0.1) is 6.92 Å². The summed E-state index contributed by atoms with van der Waals surface area (Å²) in [6.45, 7) is 8.72. The van der Waals surface area contributed by atoms with Crippen molar-refractivity contribution in [2.75, 3.05) is 0 Å². The first-order valence-electron chi connectivity index (χ1n) is 5.07. The van der Waals surface area contributed by atoms with Crippen molar-refractivity contribution in [1.29, 1.82) is 0 Å². The molecular weight excluding hydrogens is 172 g/mol. The molecule has 0 unspecified atom stereocenters. The molecule has 1 heteroatoms. The Morgan fingerprint density at radius 1 is 1.36 bits per heavy atom. The Kier molecular flexibility index (Phi) is 3.10. The van der Waals surface area contributed by atoms with E-state index in [9.17, 15) is 4.79 Å². The summed E-state index contributed by atoms with van der Waals surface area (Å²) in [5, 5.41) is 0.